The standard InChI is InChI=1S/C19H23N5O4S/c1-4-27-17(25)16-12(3)20-18(26)21-14(16)10-29-19-22-15(23-24-19)9-28-13-7-5-11(2)6-8-13/h5-8,12H,4,9-10H2,1-3H3,(H2,20,21,26)(H,22,23,24)/t12-/m1/s1. The lowest BCUT2D eigenvalue weighted by Gasteiger charge is -2.26. The molecule has 29 heavy (non-hydrogen) atoms. The molecule has 0 saturated carbocycles. The molecule has 2 heterocycles. The lowest BCUT2D eigenvalue weighted by molar-refractivity contribution is -0.138. The highest BCUT2D eigenvalue weighted by Gasteiger charge is 2.29. The molecule has 0 spiro atoms. The zero-order valence-corrected chi connectivity index (χ0v) is 17.3. The average Bonchev–Trinajstić information content (AvgIpc) is 3.13. The van der Waals surface area contributed by atoms with Crippen LogP contribution in [0.1, 0.15) is 25.2 Å². The van der Waals surface area contributed by atoms with Crippen LogP contribution in [-0.2, 0) is 16.1 Å². The molecule has 0 bridgehead atoms. The molecular formula is C19H23N5O4S. The first-order chi connectivity index (χ1) is 14.0. The number of benzene rings is 1. The van der Waals surface area contributed by atoms with Gasteiger partial charge in [-0.2, -0.15) is 0 Å². The molecule has 1 atom stereocenters. The maximum atomic E-state index is 12.2. The van der Waals surface area contributed by atoms with E-state index in [-0.39, 0.29) is 19.2 Å². The normalized spacial score (nSPS) is 16.2. The molecule has 2 amide bonds. The molecule has 0 unspecified atom stereocenters. The molecule has 1 aromatic carbocycles. The van der Waals surface area contributed by atoms with E-state index >= 15 is 0 Å². The van der Waals surface area contributed by atoms with E-state index < -0.39 is 12.0 Å². The van der Waals surface area contributed by atoms with E-state index in [1.54, 1.807) is 13.8 Å². The van der Waals surface area contributed by atoms with Crippen molar-refractivity contribution in [3.8, 4) is 5.75 Å². The van der Waals surface area contributed by atoms with E-state index in [0.29, 0.717) is 28.0 Å². The quantitative estimate of drug-likeness (QED) is 0.445. The molecule has 1 aliphatic rings. The second-order valence-corrected chi connectivity index (χ2v) is 7.33. The third-order valence-electron chi connectivity index (χ3n) is 4.12. The molecule has 3 N–H and O–H groups in total. The average molecular weight is 417 g/mol. The van der Waals surface area contributed by atoms with E-state index in [4.69, 9.17) is 9.47 Å². The number of aryl methyl sites for hydroxylation is 1. The van der Waals surface area contributed by atoms with Crippen molar-refractivity contribution in [2.24, 2.45) is 0 Å². The summed E-state index contributed by atoms with van der Waals surface area (Å²) in [6.45, 7) is 6.00. The zero-order chi connectivity index (χ0) is 20.8. The fourth-order valence-electron chi connectivity index (χ4n) is 2.72. The van der Waals surface area contributed by atoms with Gasteiger partial charge in [0.2, 0.25) is 5.16 Å². The zero-order valence-electron chi connectivity index (χ0n) is 16.4. The number of aromatic amines is 1. The van der Waals surface area contributed by atoms with Crippen LogP contribution in [0.4, 0.5) is 4.79 Å². The first-order valence-corrected chi connectivity index (χ1v) is 10.2. The number of esters is 1. The number of nitrogens with zero attached hydrogens (tertiary/aromatic N) is 2. The molecule has 154 valence electrons. The van der Waals surface area contributed by atoms with Crippen molar-refractivity contribution < 1.29 is 19.1 Å². The van der Waals surface area contributed by atoms with Gasteiger partial charge in [-0.3, -0.25) is 5.10 Å². The third kappa shape index (κ3) is 5.50. The van der Waals surface area contributed by atoms with Crippen molar-refractivity contribution in [3.63, 3.8) is 0 Å². The number of thioether (sulfide) groups is 1. The van der Waals surface area contributed by atoms with Gasteiger partial charge in [0.15, 0.2) is 5.82 Å². The maximum Gasteiger partial charge on any atom is 0.337 e. The van der Waals surface area contributed by atoms with E-state index in [2.05, 4.69) is 25.8 Å². The summed E-state index contributed by atoms with van der Waals surface area (Å²) in [4.78, 5) is 28.4. The lowest BCUT2D eigenvalue weighted by atomic mass is 10.1. The lowest BCUT2D eigenvalue weighted by Crippen LogP contribution is -2.49. The Morgan fingerprint density at radius 3 is 2.76 bits per heavy atom. The second-order valence-electron chi connectivity index (χ2n) is 6.39. The van der Waals surface area contributed by atoms with E-state index in [1.165, 1.54) is 11.8 Å². The molecule has 1 aromatic heterocycles. The molecule has 2 aromatic rings. The SMILES string of the molecule is CCOC(=O)C1=C(CSc2n[nH]c(COc3ccc(C)cc3)n2)NC(=O)N[C@@H]1C. The van der Waals surface area contributed by atoms with Crippen molar-refractivity contribution in [1.29, 1.82) is 0 Å². The minimum Gasteiger partial charge on any atom is -0.486 e. The van der Waals surface area contributed by atoms with Gasteiger partial charge >= 0.3 is 12.0 Å². The van der Waals surface area contributed by atoms with Crippen molar-refractivity contribution in [3.05, 3.63) is 46.9 Å². The number of hydrogen-bond donors (Lipinski definition) is 3. The van der Waals surface area contributed by atoms with E-state index in [0.717, 1.165) is 11.3 Å². The Morgan fingerprint density at radius 1 is 1.28 bits per heavy atom. The molecule has 10 heteroatoms. The van der Waals surface area contributed by atoms with Gasteiger partial charge < -0.3 is 20.1 Å². The summed E-state index contributed by atoms with van der Waals surface area (Å²) in [7, 11) is 0. The number of amides is 2. The molecule has 0 fully saturated rings. The Morgan fingerprint density at radius 2 is 2.03 bits per heavy atom. The van der Waals surface area contributed by atoms with Crippen LogP contribution in [0.3, 0.4) is 0 Å². The fourth-order valence-corrected chi connectivity index (χ4v) is 3.51. The van der Waals surface area contributed by atoms with Crippen molar-refractivity contribution in [1.82, 2.24) is 25.8 Å². The number of ether oxygens (including phenoxy) is 2. The van der Waals surface area contributed by atoms with E-state index in [1.807, 2.05) is 31.2 Å². The summed E-state index contributed by atoms with van der Waals surface area (Å²) in [5, 5.41) is 12.8. The van der Waals surface area contributed by atoms with Crippen LogP contribution in [0.2, 0.25) is 0 Å². The van der Waals surface area contributed by atoms with Crippen LogP contribution in [0.5, 0.6) is 5.75 Å². The first kappa shape index (κ1) is 20.7. The van der Waals surface area contributed by atoms with Crippen LogP contribution in [0, 0.1) is 6.92 Å². The van der Waals surface area contributed by atoms with Crippen molar-refractivity contribution in [2.75, 3.05) is 12.4 Å². The van der Waals surface area contributed by atoms with Gasteiger partial charge in [0, 0.05) is 11.4 Å². The number of urea groups is 1. The molecule has 0 radical (unpaired) electrons. The smallest absolute Gasteiger partial charge is 0.337 e. The number of aromatic nitrogens is 3. The summed E-state index contributed by atoms with van der Waals surface area (Å²) in [5.74, 6) is 1.19. The van der Waals surface area contributed by atoms with Crippen LogP contribution in [-0.4, -0.2) is 45.6 Å². The monoisotopic (exact) mass is 417 g/mol. The topological polar surface area (TPSA) is 118 Å². The Labute approximate surface area is 172 Å². The molecule has 1 aliphatic heterocycles. The van der Waals surface area contributed by atoms with Gasteiger partial charge in [-0.25, -0.2) is 14.6 Å². The summed E-state index contributed by atoms with van der Waals surface area (Å²) in [6, 6.07) is 6.94. The summed E-state index contributed by atoms with van der Waals surface area (Å²) < 4.78 is 10.8. The minimum absolute atomic E-state index is 0.255. The largest absolute Gasteiger partial charge is 0.486 e. The number of carbonyl (C=O) groups is 2. The predicted octanol–water partition coefficient (Wildman–Crippen LogP) is 2.30. The van der Waals surface area contributed by atoms with Gasteiger partial charge in [-0.05, 0) is 32.9 Å². The predicted molar refractivity (Wildman–Crippen MR) is 107 cm³/mol. The Balaban J connectivity index is 1.62. The number of carbonyl (C=O) groups excluding carboxylic acids is 2. The van der Waals surface area contributed by atoms with Crippen molar-refractivity contribution >= 4 is 23.8 Å². The van der Waals surface area contributed by atoms with Crippen LogP contribution < -0.4 is 15.4 Å². The van der Waals surface area contributed by atoms with Crippen LogP contribution in [0.15, 0.2) is 40.7 Å². The summed E-state index contributed by atoms with van der Waals surface area (Å²) >= 11 is 1.30. The highest BCUT2D eigenvalue weighted by Crippen LogP contribution is 2.22. The number of hydrogen-bond acceptors (Lipinski definition) is 7. The number of nitrogens with one attached hydrogen (secondary N) is 3. The fraction of sp³-hybridized carbons (Fsp3) is 0.368. The maximum absolute atomic E-state index is 12.2. The van der Waals surface area contributed by atoms with Gasteiger partial charge in [-0.1, -0.05) is 29.5 Å². The first-order valence-electron chi connectivity index (χ1n) is 9.17. The minimum atomic E-state index is -0.453. The molecular weight excluding hydrogens is 394 g/mol. The van der Waals surface area contributed by atoms with Gasteiger partial charge in [-0.15, -0.1) is 5.10 Å². The van der Waals surface area contributed by atoms with Crippen molar-refractivity contribution in [2.45, 2.75) is 38.6 Å². The van der Waals surface area contributed by atoms with Gasteiger partial charge in [0.05, 0.1) is 18.2 Å². The molecule has 9 nitrogen and oxygen atoms in total. The number of H-pyrrole nitrogens is 1. The van der Waals surface area contributed by atoms with Gasteiger partial charge in [0.25, 0.3) is 0 Å². The molecule has 0 aliphatic carbocycles. The Hall–Kier alpha value is -3.01. The van der Waals surface area contributed by atoms with E-state index in [9.17, 15) is 9.59 Å². The Kier molecular flexibility index (Phi) is 6.76. The highest BCUT2D eigenvalue weighted by atomic mass is 32.2. The van der Waals surface area contributed by atoms with Crippen LogP contribution >= 0.6 is 11.8 Å². The van der Waals surface area contributed by atoms with Gasteiger partial charge in [0.1, 0.15) is 12.4 Å². The second kappa shape index (κ2) is 9.46. The molecule has 0 saturated heterocycles. The molecule has 3 rings (SSSR count). The highest BCUT2D eigenvalue weighted by molar-refractivity contribution is 7.99. The summed E-state index contributed by atoms with van der Waals surface area (Å²) in [5.41, 5.74) is 2.05. The van der Waals surface area contributed by atoms with Crippen LogP contribution in [0.25, 0.3) is 0 Å². The summed E-state index contributed by atoms with van der Waals surface area (Å²) in [6.07, 6.45) is 0. The Bertz CT molecular complexity index is 910. The third-order valence-corrected chi connectivity index (χ3v) is 4.99. The number of rotatable bonds is 8.